The molecule has 6 heteroatoms. The van der Waals surface area contributed by atoms with Gasteiger partial charge in [0, 0.05) is 56.0 Å². The molecule has 0 N–H and O–H groups in total. The molecular weight excluding hydrogens is 326 g/mol. The second kappa shape index (κ2) is 6.74. The number of amides is 1. The molecule has 5 heterocycles. The van der Waals surface area contributed by atoms with E-state index in [4.69, 9.17) is 0 Å². The van der Waals surface area contributed by atoms with Gasteiger partial charge in [0.05, 0.1) is 11.8 Å². The summed E-state index contributed by atoms with van der Waals surface area (Å²) in [7, 11) is 0. The van der Waals surface area contributed by atoms with Crippen LogP contribution in [-0.4, -0.2) is 51.0 Å². The Morgan fingerprint density at radius 2 is 2.04 bits per heavy atom. The molecule has 3 saturated heterocycles. The first-order chi connectivity index (χ1) is 12.6. The maximum absolute atomic E-state index is 13.4. The normalized spacial score (nSPS) is 22.6. The zero-order valence-corrected chi connectivity index (χ0v) is 15.9. The van der Waals surface area contributed by atoms with E-state index < -0.39 is 0 Å². The number of hydrogen-bond acceptors (Lipinski definition) is 4. The smallest absolute Gasteiger partial charge is 0.256 e. The number of carbonyl (C=O) groups excluding carboxylic acids is 1. The Morgan fingerprint density at radius 3 is 2.73 bits per heavy atom. The lowest BCUT2D eigenvalue weighted by Gasteiger charge is -2.36. The Hall–Kier alpha value is -2.37. The first-order valence-corrected chi connectivity index (χ1v) is 9.57. The molecule has 3 fully saturated rings. The van der Waals surface area contributed by atoms with Gasteiger partial charge in [0.1, 0.15) is 5.82 Å². The lowest BCUT2D eigenvalue weighted by molar-refractivity contribution is 0.0591. The van der Waals surface area contributed by atoms with Crippen LogP contribution in [-0.2, 0) is 6.54 Å². The molecule has 2 aromatic rings. The molecule has 0 radical (unpaired) electrons. The van der Waals surface area contributed by atoms with E-state index in [-0.39, 0.29) is 11.9 Å². The van der Waals surface area contributed by atoms with Crippen LogP contribution in [0.4, 0.5) is 5.82 Å². The van der Waals surface area contributed by atoms with Crippen LogP contribution in [0.2, 0.25) is 0 Å². The third kappa shape index (κ3) is 2.87. The summed E-state index contributed by atoms with van der Waals surface area (Å²) in [6.45, 7) is 9.80. The topological polar surface area (TPSA) is 54.3 Å². The van der Waals surface area contributed by atoms with Crippen molar-refractivity contribution in [3.05, 3.63) is 41.6 Å². The Balaban J connectivity index is 1.60. The van der Waals surface area contributed by atoms with Crippen molar-refractivity contribution < 1.29 is 4.79 Å². The molecule has 5 rings (SSSR count). The third-order valence-electron chi connectivity index (χ3n) is 5.97. The number of fused-ring (bicyclic) bond motifs is 4. The van der Waals surface area contributed by atoms with Gasteiger partial charge < -0.3 is 14.4 Å². The molecule has 2 atom stereocenters. The van der Waals surface area contributed by atoms with E-state index in [2.05, 4.69) is 51.2 Å². The molecule has 0 spiro atoms. The minimum Gasteiger partial charge on any atom is -0.353 e. The number of carbonyl (C=O) groups is 1. The molecule has 26 heavy (non-hydrogen) atoms. The van der Waals surface area contributed by atoms with Gasteiger partial charge in [-0.2, -0.15) is 0 Å². The SMILES string of the molecule is CCn1c(C)cc(C(=O)N2C[C@@H]3CC[C@H]2CN(c2cnccn2)C3)c1C. The highest BCUT2D eigenvalue weighted by atomic mass is 16.2. The van der Waals surface area contributed by atoms with E-state index in [0.717, 1.165) is 55.4 Å². The third-order valence-corrected chi connectivity index (χ3v) is 5.97. The minimum absolute atomic E-state index is 0.188. The van der Waals surface area contributed by atoms with Crippen molar-refractivity contribution in [2.45, 2.75) is 46.2 Å². The molecule has 2 aromatic heterocycles. The van der Waals surface area contributed by atoms with Crippen LogP contribution in [0.1, 0.15) is 41.5 Å². The molecule has 3 aliphatic heterocycles. The van der Waals surface area contributed by atoms with Crippen molar-refractivity contribution in [2.24, 2.45) is 5.92 Å². The highest BCUT2D eigenvalue weighted by Crippen LogP contribution is 2.31. The number of nitrogens with zero attached hydrogens (tertiary/aromatic N) is 5. The largest absolute Gasteiger partial charge is 0.353 e. The lowest BCUT2D eigenvalue weighted by Crippen LogP contribution is -2.47. The average Bonchev–Trinajstić information content (AvgIpc) is 2.84. The number of rotatable bonds is 3. The zero-order valence-electron chi connectivity index (χ0n) is 15.9. The summed E-state index contributed by atoms with van der Waals surface area (Å²) < 4.78 is 2.22. The van der Waals surface area contributed by atoms with E-state index in [1.807, 2.05) is 6.20 Å². The predicted octanol–water partition coefficient (Wildman–Crippen LogP) is 2.66. The Bertz CT molecular complexity index is 800. The van der Waals surface area contributed by atoms with Crippen molar-refractivity contribution in [3.63, 3.8) is 0 Å². The minimum atomic E-state index is 0.188. The number of aromatic nitrogens is 3. The molecule has 1 amide bonds. The van der Waals surface area contributed by atoms with E-state index in [1.165, 1.54) is 6.42 Å². The van der Waals surface area contributed by atoms with Crippen LogP contribution in [0.15, 0.2) is 24.7 Å². The van der Waals surface area contributed by atoms with Gasteiger partial charge in [0.2, 0.25) is 0 Å². The average molecular weight is 353 g/mol. The van der Waals surface area contributed by atoms with Crippen LogP contribution in [0, 0.1) is 19.8 Å². The summed E-state index contributed by atoms with van der Waals surface area (Å²) in [4.78, 5) is 26.4. The lowest BCUT2D eigenvalue weighted by atomic mass is 9.94. The first-order valence-electron chi connectivity index (χ1n) is 9.57. The summed E-state index contributed by atoms with van der Waals surface area (Å²) in [5.41, 5.74) is 3.11. The maximum atomic E-state index is 13.4. The number of piperidine rings is 1. The first kappa shape index (κ1) is 17.1. The predicted molar refractivity (Wildman–Crippen MR) is 101 cm³/mol. The van der Waals surface area contributed by atoms with Crippen LogP contribution in [0.3, 0.4) is 0 Å². The monoisotopic (exact) mass is 353 g/mol. The van der Waals surface area contributed by atoms with Gasteiger partial charge in [-0.1, -0.05) is 0 Å². The van der Waals surface area contributed by atoms with Crippen molar-refractivity contribution in [1.29, 1.82) is 0 Å². The molecule has 0 aromatic carbocycles. The highest BCUT2D eigenvalue weighted by molar-refractivity contribution is 5.96. The molecule has 2 bridgehead atoms. The van der Waals surface area contributed by atoms with E-state index in [1.54, 1.807) is 12.4 Å². The fourth-order valence-electron chi connectivity index (χ4n) is 4.63. The van der Waals surface area contributed by atoms with Gasteiger partial charge in [-0.05, 0) is 45.6 Å². The van der Waals surface area contributed by atoms with Gasteiger partial charge in [0.25, 0.3) is 5.91 Å². The molecule has 0 saturated carbocycles. The van der Waals surface area contributed by atoms with Gasteiger partial charge in [-0.3, -0.25) is 9.78 Å². The summed E-state index contributed by atoms with van der Waals surface area (Å²) in [6.07, 6.45) is 7.52. The Kier molecular flexibility index (Phi) is 4.42. The second-order valence-corrected chi connectivity index (χ2v) is 7.55. The van der Waals surface area contributed by atoms with Crippen molar-refractivity contribution in [1.82, 2.24) is 19.4 Å². The zero-order chi connectivity index (χ0) is 18.3. The molecule has 6 nitrogen and oxygen atoms in total. The van der Waals surface area contributed by atoms with Gasteiger partial charge >= 0.3 is 0 Å². The molecule has 0 aliphatic carbocycles. The number of aryl methyl sites for hydroxylation is 1. The van der Waals surface area contributed by atoms with Crippen LogP contribution >= 0.6 is 0 Å². The maximum Gasteiger partial charge on any atom is 0.256 e. The summed E-state index contributed by atoms with van der Waals surface area (Å²) >= 11 is 0. The molecule has 0 unspecified atom stereocenters. The van der Waals surface area contributed by atoms with E-state index >= 15 is 0 Å². The Morgan fingerprint density at radius 1 is 1.19 bits per heavy atom. The molecule has 3 aliphatic rings. The van der Waals surface area contributed by atoms with Crippen LogP contribution in [0.25, 0.3) is 0 Å². The second-order valence-electron chi connectivity index (χ2n) is 7.55. The van der Waals surface area contributed by atoms with Crippen LogP contribution < -0.4 is 4.90 Å². The summed E-state index contributed by atoms with van der Waals surface area (Å²) in [5.74, 6) is 1.60. The molecular formula is C20H27N5O. The van der Waals surface area contributed by atoms with E-state index in [9.17, 15) is 4.79 Å². The standard InChI is InChI=1S/C20H27N5O/c1-4-24-14(2)9-18(15(24)3)20(26)25-12-16-5-6-17(25)13-23(11-16)19-10-21-7-8-22-19/h7-10,16-17H,4-6,11-13H2,1-3H3/t16-,17+/m1/s1. The summed E-state index contributed by atoms with van der Waals surface area (Å²) in [6, 6.07) is 2.30. The Labute approximate surface area is 154 Å². The fraction of sp³-hybridized carbons (Fsp3) is 0.550. The van der Waals surface area contributed by atoms with Crippen molar-refractivity contribution in [3.8, 4) is 0 Å². The number of anilines is 1. The number of hydrogen-bond donors (Lipinski definition) is 0. The van der Waals surface area contributed by atoms with Crippen molar-refractivity contribution >= 4 is 11.7 Å². The van der Waals surface area contributed by atoms with Gasteiger partial charge in [-0.25, -0.2) is 4.98 Å². The van der Waals surface area contributed by atoms with Gasteiger partial charge in [0.15, 0.2) is 0 Å². The summed E-state index contributed by atoms with van der Waals surface area (Å²) in [5, 5.41) is 0. The molecule has 138 valence electrons. The fourth-order valence-corrected chi connectivity index (χ4v) is 4.63. The van der Waals surface area contributed by atoms with Crippen molar-refractivity contribution in [2.75, 3.05) is 24.5 Å². The highest BCUT2D eigenvalue weighted by Gasteiger charge is 2.38. The quantitative estimate of drug-likeness (QED) is 0.851. The van der Waals surface area contributed by atoms with E-state index in [0.29, 0.717) is 5.92 Å². The van der Waals surface area contributed by atoms with Crippen LogP contribution in [0.5, 0.6) is 0 Å². The van der Waals surface area contributed by atoms with Gasteiger partial charge in [-0.15, -0.1) is 0 Å².